The zero-order valence-corrected chi connectivity index (χ0v) is 16.9. The average Bonchev–Trinajstić information content (AvgIpc) is 3.47. The number of carbonyl (C=O) groups excluding carboxylic acids is 1. The highest BCUT2D eigenvalue weighted by Gasteiger charge is 2.50. The molecule has 1 aromatic carbocycles. The first-order valence-corrected chi connectivity index (χ1v) is 9.52. The predicted octanol–water partition coefficient (Wildman–Crippen LogP) is 2.09. The molecule has 1 heterocycles. The van der Waals surface area contributed by atoms with Crippen LogP contribution >= 0.6 is 0 Å². The van der Waals surface area contributed by atoms with Gasteiger partial charge in [0.1, 0.15) is 13.1 Å². The van der Waals surface area contributed by atoms with Gasteiger partial charge in [-0.2, -0.15) is 0 Å². The minimum absolute atomic E-state index is 0.252. The highest BCUT2D eigenvalue weighted by atomic mass is 16.5. The number of hydrogen-bond acceptors (Lipinski definition) is 4. The fourth-order valence-corrected chi connectivity index (χ4v) is 3.23. The summed E-state index contributed by atoms with van der Waals surface area (Å²) in [6, 6.07) is 7.53. The summed E-state index contributed by atoms with van der Waals surface area (Å²) in [5.41, 5.74) is 0. The lowest BCUT2D eigenvalue weighted by Crippen LogP contribution is -2.47. The van der Waals surface area contributed by atoms with E-state index in [1.165, 1.54) is 0 Å². The normalized spacial score (nSPS) is 22.7. The standard InChI is InChI=1S/C9H12B4NO.C8H10O2.C2H6/c10-9(11,12)14-4-3-5-1-2-6(15)8-7(5)13-8;1-9-7-5-3-4-6-8(7)10-2;1-2/h5,7-8,14H,1-4H2;3-6H,1-2H3;1-2H3. The molecule has 0 bridgehead atoms. The Labute approximate surface area is 169 Å². The SMILES string of the molecule is CC.COc1ccccc1OC.[B]C([B])([B])NCCC1CCC(=O)C2[B]C12. The van der Waals surface area contributed by atoms with E-state index in [9.17, 15) is 4.79 Å². The molecule has 139 valence electrons. The molecule has 1 aromatic rings. The Morgan fingerprint density at radius 1 is 1.15 bits per heavy atom. The first kappa shape index (κ1) is 23.7. The lowest BCUT2D eigenvalue weighted by molar-refractivity contribution is -0.119. The van der Waals surface area contributed by atoms with Crippen LogP contribution in [0.1, 0.15) is 33.1 Å². The Hall–Kier alpha value is -1.29. The Balaban J connectivity index is 0.000000265. The van der Waals surface area contributed by atoms with Crippen molar-refractivity contribution in [3.63, 3.8) is 0 Å². The van der Waals surface area contributed by atoms with Gasteiger partial charge in [0.05, 0.1) is 37.8 Å². The zero-order valence-electron chi connectivity index (χ0n) is 16.9. The van der Waals surface area contributed by atoms with Crippen LogP contribution < -0.4 is 14.8 Å². The molecule has 2 fully saturated rings. The van der Waals surface area contributed by atoms with E-state index in [0.717, 1.165) is 30.8 Å². The maximum Gasteiger partial charge on any atom is 0.160 e. The Kier molecular flexibility index (Phi) is 10.1. The molecule has 1 aliphatic carbocycles. The first-order valence-electron chi connectivity index (χ1n) is 9.52. The molecular formula is C19H28B4NO3. The lowest BCUT2D eigenvalue weighted by Gasteiger charge is -2.26. The van der Waals surface area contributed by atoms with Crippen LogP contribution in [0.25, 0.3) is 0 Å². The van der Waals surface area contributed by atoms with E-state index >= 15 is 0 Å². The number of fused-ring (bicyclic) bond motifs is 1. The molecule has 1 saturated carbocycles. The molecule has 0 spiro atoms. The molecule has 4 nitrogen and oxygen atoms in total. The minimum Gasteiger partial charge on any atom is -0.493 e. The first-order chi connectivity index (χ1) is 12.9. The second-order valence-electron chi connectivity index (χ2n) is 6.56. The van der Waals surface area contributed by atoms with Crippen molar-refractivity contribution in [2.45, 2.75) is 50.0 Å². The molecule has 1 aliphatic heterocycles. The molecule has 2 aliphatic rings. The molecule has 27 heavy (non-hydrogen) atoms. The van der Waals surface area contributed by atoms with Crippen LogP contribution in [0.5, 0.6) is 11.5 Å². The third kappa shape index (κ3) is 8.08. The third-order valence-corrected chi connectivity index (χ3v) is 4.62. The predicted molar refractivity (Wildman–Crippen MR) is 114 cm³/mol. The van der Waals surface area contributed by atoms with Gasteiger partial charge in [-0.25, -0.2) is 0 Å². The summed E-state index contributed by atoms with van der Waals surface area (Å²) in [6.45, 7) is 4.71. The largest absolute Gasteiger partial charge is 0.493 e. The number of hydrogen-bond donors (Lipinski definition) is 1. The van der Waals surface area contributed by atoms with E-state index < -0.39 is 5.24 Å². The van der Waals surface area contributed by atoms with Crippen LogP contribution in [-0.2, 0) is 4.79 Å². The van der Waals surface area contributed by atoms with Gasteiger partial charge >= 0.3 is 0 Å². The summed E-state index contributed by atoms with van der Waals surface area (Å²) >= 11 is 0. The smallest absolute Gasteiger partial charge is 0.160 e. The number of carbonyl (C=O) groups is 1. The van der Waals surface area contributed by atoms with Crippen molar-refractivity contribution < 1.29 is 14.3 Å². The molecule has 0 amide bonds. The summed E-state index contributed by atoms with van der Waals surface area (Å²) < 4.78 is 10.0. The molecule has 3 unspecified atom stereocenters. The van der Waals surface area contributed by atoms with Crippen molar-refractivity contribution >= 4 is 36.6 Å². The summed E-state index contributed by atoms with van der Waals surface area (Å²) in [7, 11) is 21.6. The number of Topliss-reactive ketones (excluding diaryl/α,β-unsaturated/α-hetero) is 1. The number of rotatable bonds is 6. The molecule has 0 aromatic heterocycles. The van der Waals surface area contributed by atoms with Gasteiger partial charge in [0.2, 0.25) is 0 Å². The molecule has 1 saturated heterocycles. The fraction of sp³-hybridized carbons (Fsp3) is 0.632. The van der Waals surface area contributed by atoms with Crippen LogP contribution in [0, 0.1) is 5.92 Å². The van der Waals surface area contributed by atoms with Crippen LogP contribution in [0.3, 0.4) is 0 Å². The van der Waals surface area contributed by atoms with Gasteiger partial charge in [-0.15, -0.1) is 0 Å². The molecule has 3 rings (SSSR count). The van der Waals surface area contributed by atoms with Gasteiger partial charge in [-0.05, 0) is 43.3 Å². The van der Waals surface area contributed by atoms with Gasteiger partial charge in [0.15, 0.2) is 11.5 Å². The number of ether oxygens (including phenoxy) is 2. The summed E-state index contributed by atoms with van der Waals surface area (Å²) in [4.78, 5) is 11.3. The second-order valence-corrected chi connectivity index (χ2v) is 6.56. The summed E-state index contributed by atoms with van der Waals surface area (Å²) in [6.07, 6.45) is 2.70. The number of benzene rings is 1. The van der Waals surface area contributed by atoms with Crippen molar-refractivity contribution in [3.8, 4) is 11.5 Å². The van der Waals surface area contributed by atoms with Gasteiger partial charge in [0, 0.05) is 6.42 Å². The molecular weight excluding hydrogens is 333 g/mol. The minimum atomic E-state index is -1.28. The van der Waals surface area contributed by atoms with E-state index in [2.05, 4.69) is 12.6 Å². The molecule has 8 heteroatoms. The average molecular weight is 362 g/mol. The van der Waals surface area contributed by atoms with Crippen molar-refractivity contribution in [2.75, 3.05) is 20.8 Å². The lowest BCUT2D eigenvalue weighted by atomic mass is 9.49. The molecule has 3 atom stereocenters. The highest BCUT2D eigenvalue weighted by Crippen LogP contribution is 2.54. The van der Waals surface area contributed by atoms with E-state index in [-0.39, 0.29) is 5.82 Å². The monoisotopic (exact) mass is 362 g/mol. The Bertz CT molecular complexity index is 557. The molecule has 1 N–H and O–H groups in total. The van der Waals surface area contributed by atoms with E-state index in [0.29, 0.717) is 24.1 Å². The van der Waals surface area contributed by atoms with Crippen molar-refractivity contribution in [3.05, 3.63) is 24.3 Å². The van der Waals surface area contributed by atoms with E-state index in [1.807, 2.05) is 38.1 Å². The van der Waals surface area contributed by atoms with E-state index in [4.69, 9.17) is 33.0 Å². The number of para-hydroxylation sites is 2. The van der Waals surface area contributed by atoms with Gasteiger partial charge in [0.25, 0.3) is 0 Å². The van der Waals surface area contributed by atoms with Crippen LogP contribution in [0.4, 0.5) is 0 Å². The maximum absolute atomic E-state index is 11.3. The Morgan fingerprint density at radius 3 is 2.19 bits per heavy atom. The summed E-state index contributed by atoms with van der Waals surface area (Å²) in [5.74, 6) is 3.31. The number of methoxy groups -OCH3 is 2. The van der Waals surface area contributed by atoms with Crippen LogP contribution in [0.2, 0.25) is 11.6 Å². The Morgan fingerprint density at radius 2 is 1.70 bits per heavy atom. The maximum atomic E-state index is 11.3. The second kappa shape index (κ2) is 11.5. The number of nitrogens with one attached hydrogen (secondary N) is 1. The van der Waals surface area contributed by atoms with Gasteiger partial charge in [-0.1, -0.05) is 37.0 Å². The quantitative estimate of drug-likeness (QED) is 0.788. The zero-order chi connectivity index (χ0) is 20.4. The highest BCUT2D eigenvalue weighted by molar-refractivity contribution is 6.61. The topological polar surface area (TPSA) is 47.6 Å². The third-order valence-electron chi connectivity index (χ3n) is 4.62. The number of ketones is 1. The van der Waals surface area contributed by atoms with Crippen molar-refractivity contribution in [2.24, 2.45) is 5.92 Å². The summed E-state index contributed by atoms with van der Waals surface area (Å²) in [5, 5.41) is 1.57. The van der Waals surface area contributed by atoms with Crippen molar-refractivity contribution in [1.29, 1.82) is 0 Å². The van der Waals surface area contributed by atoms with Crippen LogP contribution in [-0.4, -0.2) is 62.6 Å². The fourth-order valence-electron chi connectivity index (χ4n) is 3.23. The molecule has 7 radical (unpaired) electrons. The van der Waals surface area contributed by atoms with Gasteiger partial charge < -0.3 is 19.6 Å². The van der Waals surface area contributed by atoms with Gasteiger partial charge in [-0.3, -0.25) is 0 Å². The van der Waals surface area contributed by atoms with Crippen molar-refractivity contribution in [1.82, 2.24) is 5.32 Å². The van der Waals surface area contributed by atoms with Crippen LogP contribution in [0.15, 0.2) is 24.3 Å². The van der Waals surface area contributed by atoms with E-state index in [1.54, 1.807) is 14.2 Å².